The average Bonchev–Trinajstić information content (AvgIpc) is 2.72. The molecule has 0 aliphatic carbocycles. The molecule has 0 spiro atoms. The second-order valence-electron chi connectivity index (χ2n) is 5.13. The fraction of sp³-hybridized carbons (Fsp3) is 0.500. The molecule has 1 aromatic carbocycles. The third-order valence-corrected chi connectivity index (χ3v) is 5.55. The first-order valence-corrected chi connectivity index (χ1v) is 9.21. The first kappa shape index (κ1) is 17.1. The smallest absolute Gasteiger partial charge is 0.407 e. The second kappa shape index (κ2) is 7.30. The second-order valence-corrected chi connectivity index (χ2v) is 7.69. The first-order valence-electron chi connectivity index (χ1n) is 7.02. The minimum Gasteiger partial charge on any atom is -0.450 e. The molecule has 2 rings (SSSR count). The van der Waals surface area contributed by atoms with Crippen molar-refractivity contribution in [3.05, 3.63) is 34.9 Å². The molecule has 0 saturated carbocycles. The molecule has 2 N–H and O–H groups in total. The molecule has 0 unspecified atom stereocenters. The number of hydrogen-bond donors (Lipinski definition) is 2. The third-order valence-electron chi connectivity index (χ3n) is 3.44. The Hall–Kier alpha value is -1.31. The van der Waals surface area contributed by atoms with Gasteiger partial charge in [0.25, 0.3) is 0 Å². The van der Waals surface area contributed by atoms with Crippen LogP contribution in [0.5, 0.6) is 0 Å². The Kier molecular flexibility index (Phi) is 5.66. The van der Waals surface area contributed by atoms with E-state index in [4.69, 9.17) is 16.3 Å². The third kappa shape index (κ3) is 4.59. The number of benzene rings is 1. The predicted molar refractivity (Wildman–Crippen MR) is 84.7 cm³/mol. The van der Waals surface area contributed by atoms with Crippen LogP contribution >= 0.6 is 11.6 Å². The van der Waals surface area contributed by atoms with Crippen LogP contribution in [0.2, 0.25) is 5.02 Å². The van der Waals surface area contributed by atoms with Crippen molar-refractivity contribution in [3.63, 3.8) is 0 Å². The van der Waals surface area contributed by atoms with Gasteiger partial charge in [0.05, 0.1) is 24.2 Å². The van der Waals surface area contributed by atoms with Gasteiger partial charge in [0.2, 0.25) is 0 Å². The minimum atomic E-state index is -3.19. The fourth-order valence-electron chi connectivity index (χ4n) is 2.40. The van der Waals surface area contributed by atoms with Gasteiger partial charge < -0.3 is 15.4 Å². The molecule has 1 aliphatic rings. The van der Waals surface area contributed by atoms with Crippen LogP contribution in [0.15, 0.2) is 24.3 Å². The monoisotopic (exact) mass is 346 g/mol. The van der Waals surface area contributed by atoms with Gasteiger partial charge in [-0.2, -0.15) is 0 Å². The van der Waals surface area contributed by atoms with Gasteiger partial charge in [-0.15, -0.1) is 0 Å². The van der Waals surface area contributed by atoms with Gasteiger partial charge in [0, 0.05) is 17.6 Å². The van der Waals surface area contributed by atoms with E-state index in [1.165, 1.54) is 0 Å². The number of sulfone groups is 1. The normalized spacial score (nSPS) is 23.2. The van der Waals surface area contributed by atoms with Gasteiger partial charge >= 0.3 is 6.09 Å². The topological polar surface area (TPSA) is 84.5 Å². The lowest BCUT2D eigenvalue weighted by Crippen LogP contribution is -2.49. The average molecular weight is 347 g/mol. The number of nitrogens with one attached hydrogen (secondary N) is 2. The first-order chi connectivity index (χ1) is 10.4. The molecule has 1 aliphatic heterocycles. The highest BCUT2D eigenvalue weighted by Crippen LogP contribution is 2.17. The summed E-state index contributed by atoms with van der Waals surface area (Å²) in [6, 6.07) is 6.46. The van der Waals surface area contributed by atoms with Crippen LogP contribution in [0.25, 0.3) is 0 Å². The van der Waals surface area contributed by atoms with Crippen molar-refractivity contribution in [2.24, 2.45) is 0 Å². The van der Waals surface area contributed by atoms with Crippen molar-refractivity contribution in [2.75, 3.05) is 18.1 Å². The molecule has 6 nitrogen and oxygen atoms in total. The highest BCUT2D eigenvalue weighted by atomic mass is 35.5. The van der Waals surface area contributed by atoms with E-state index in [1.807, 2.05) is 18.2 Å². The van der Waals surface area contributed by atoms with Crippen LogP contribution in [-0.2, 0) is 21.1 Å². The van der Waals surface area contributed by atoms with Gasteiger partial charge in [-0.1, -0.05) is 29.8 Å². The van der Waals surface area contributed by atoms with Crippen molar-refractivity contribution in [3.8, 4) is 0 Å². The molecule has 1 amide bonds. The molecule has 0 bridgehead atoms. The minimum absolute atomic E-state index is 0.0193. The number of hydrogen-bond acceptors (Lipinski definition) is 5. The fourth-order valence-corrected chi connectivity index (χ4v) is 4.50. The van der Waals surface area contributed by atoms with E-state index in [-0.39, 0.29) is 24.2 Å². The maximum absolute atomic E-state index is 11.8. The van der Waals surface area contributed by atoms with Crippen molar-refractivity contribution in [1.29, 1.82) is 0 Å². The molecule has 1 saturated heterocycles. The molecule has 22 heavy (non-hydrogen) atoms. The Bertz CT molecular complexity index is 635. The van der Waals surface area contributed by atoms with Gasteiger partial charge in [-0.25, -0.2) is 13.2 Å². The number of rotatable bonds is 5. The highest BCUT2D eigenvalue weighted by molar-refractivity contribution is 7.91. The molecule has 1 aromatic rings. The van der Waals surface area contributed by atoms with E-state index in [2.05, 4.69) is 10.6 Å². The Morgan fingerprint density at radius 1 is 1.32 bits per heavy atom. The number of ether oxygens (including phenoxy) is 1. The Morgan fingerprint density at radius 3 is 2.68 bits per heavy atom. The quantitative estimate of drug-likeness (QED) is 0.840. The van der Waals surface area contributed by atoms with Crippen LogP contribution in [0, 0.1) is 0 Å². The van der Waals surface area contributed by atoms with Gasteiger partial charge in [-0.05, 0) is 18.6 Å². The Balaban J connectivity index is 2.00. The predicted octanol–water partition coefficient (Wildman–Crippen LogP) is 1.34. The SMILES string of the molecule is CCOC(=O)N[C@@H]1CS(=O)(=O)C[C@@H]1NCc1ccccc1Cl. The van der Waals surface area contributed by atoms with E-state index in [9.17, 15) is 13.2 Å². The molecule has 8 heteroatoms. The molecular formula is C14H19ClN2O4S. The van der Waals surface area contributed by atoms with Crippen LogP contribution in [0.4, 0.5) is 4.79 Å². The lowest BCUT2D eigenvalue weighted by atomic mass is 10.1. The highest BCUT2D eigenvalue weighted by Gasteiger charge is 2.38. The number of amides is 1. The summed E-state index contributed by atoms with van der Waals surface area (Å²) in [5.74, 6) is -0.111. The summed E-state index contributed by atoms with van der Waals surface area (Å²) in [6.45, 7) is 2.36. The molecule has 0 radical (unpaired) electrons. The summed E-state index contributed by atoms with van der Waals surface area (Å²) in [6.07, 6.45) is -0.603. The number of halogens is 1. The molecule has 122 valence electrons. The van der Waals surface area contributed by atoms with E-state index in [1.54, 1.807) is 13.0 Å². The van der Waals surface area contributed by atoms with E-state index in [0.29, 0.717) is 11.6 Å². The summed E-state index contributed by atoms with van der Waals surface area (Å²) in [7, 11) is -3.19. The van der Waals surface area contributed by atoms with Crippen molar-refractivity contribution < 1.29 is 17.9 Å². The van der Waals surface area contributed by atoms with Gasteiger partial charge in [-0.3, -0.25) is 0 Å². The number of carbonyl (C=O) groups excluding carboxylic acids is 1. The standard InChI is InChI=1S/C14H19ClN2O4S/c1-2-21-14(18)17-13-9-22(19,20)8-12(13)16-7-10-5-3-4-6-11(10)15/h3-6,12-13,16H,2,7-9H2,1H3,(H,17,18)/t12-,13+/m0/s1. The maximum Gasteiger partial charge on any atom is 0.407 e. The van der Waals surface area contributed by atoms with E-state index >= 15 is 0 Å². The number of carbonyl (C=O) groups is 1. The van der Waals surface area contributed by atoms with Crippen molar-refractivity contribution >= 4 is 27.5 Å². The zero-order valence-corrected chi connectivity index (χ0v) is 13.8. The Morgan fingerprint density at radius 2 is 2.00 bits per heavy atom. The molecule has 1 fully saturated rings. The molecule has 1 heterocycles. The summed E-state index contributed by atoms with van der Waals surface area (Å²) in [5.41, 5.74) is 0.878. The Labute approximate surface area is 135 Å². The summed E-state index contributed by atoms with van der Waals surface area (Å²) >= 11 is 6.08. The number of alkyl carbamates (subject to hydrolysis) is 1. The zero-order chi connectivity index (χ0) is 16.2. The van der Waals surface area contributed by atoms with Crippen LogP contribution in [0.1, 0.15) is 12.5 Å². The van der Waals surface area contributed by atoms with E-state index < -0.39 is 22.0 Å². The van der Waals surface area contributed by atoms with Gasteiger partial charge in [0.1, 0.15) is 0 Å². The van der Waals surface area contributed by atoms with E-state index in [0.717, 1.165) is 5.56 Å². The molecular weight excluding hydrogens is 328 g/mol. The largest absolute Gasteiger partial charge is 0.450 e. The maximum atomic E-state index is 11.8. The lowest BCUT2D eigenvalue weighted by molar-refractivity contribution is 0.147. The van der Waals surface area contributed by atoms with Crippen LogP contribution < -0.4 is 10.6 Å². The van der Waals surface area contributed by atoms with Crippen LogP contribution in [-0.4, -0.2) is 44.7 Å². The summed E-state index contributed by atoms with van der Waals surface area (Å²) in [5, 5.41) is 6.38. The lowest BCUT2D eigenvalue weighted by Gasteiger charge is -2.20. The van der Waals surface area contributed by atoms with Crippen molar-refractivity contribution in [1.82, 2.24) is 10.6 Å². The van der Waals surface area contributed by atoms with Crippen LogP contribution in [0.3, 0.4) is 0 Å². The van der Waals surface area contributed by atoms with Gasteiger partial charge in [0.15, 0.2) is 9.84 Å². The summed E-state index contributed by atoms with van der Waals surface area (Å²) in [4.78, 5) is 11.5. The molecule has 0 aromatic heterocycles. The molecule has 2 atom stereocenters. The van der Waals surface area contributed by atoms with Crippen molar-refractivity contribution in [2.45, 2.75) is 25.6 Å². The summed E-state index contributed by atoms with van der Waals surface area (Å²) < 4.78 is 28.4. The zero-order valence-electron chi connectivity index (χ0n) is 12.2.